The van der Waals surface area contributed by atoms with E-state index in [4.69, 9.17) is 9.47 Å². The summed E-state index contributed by atoms with van der Waals surface area (Å²) in [6.07, 6.45) is 3.88. The second-order valence-corrected chi connectivity index (χ2v) is 6.85. The van der Waals surface area contributed by atoms with Gasteiger partial charge in [0.25, 0.3) is 0 Å². The summed E-state index contributed by atoms with van der Waals surface area (Å²) in [7, 11) is 0. The summed E-state index contributed by atoms with van der Waals surface area (Å²) in [6, 6.07) is 0. The zero-order chi connectivity index (χ0) is 13.6. The Kier molecular flexibility index (Phi) is 3.25. The molecular formula is C15H26O3. The van der Waals surface area contributed by atoms with Crippen molar-refractivity contribution in [2.24, 2.45) is 11.3 Å². The number of carbonyl (C=O) groups excluding carboxylic acids is 1. The summed E-state index contributed by atoms with van der Waals surface area (Å²) in [5.41, 5.74) is -0.661. The van der Waals surface area contributed by atoms with Gasteiger partial charge in [-0.05, 0) is 43.9 Å². The molecule has 1 aliphatic carbocycles. The van der Waals surface area contributed by atoms with Crippen molar-refractivity contribution in [1.82, 2.24) is 0 Å². The molecule has 2 rings (SSSR count). The van der Waals surface area contributed by atoms with Crippen LogP contribution in [0.1, 0.15) is 60.3 Å². The highest BCUT2D eigenvalue weighted by atomic mass is 16.7. The van der Waals surface area contributed by atoms with Gasteiger partial charge in [-0.2, -0.15) is 0 Å². The van der Waals surface area contributed by atoms with Crippen molar-refractivity contribution >= 4 is 5.97 Å². The van der Waals surface area contributed by atoms with Crippen LogP contribution < -0.4 is 0 Å². The first-order chi connectivity index (χ1) is 8.31. The second-order valence-electron chi connectivity index (χ2n) is 6.85. The van der Waals surface area contributed by atoms with Crippen LogP contribution in [0.15, 0.2) is 0 Å². The summed E-state index contributed by atoms with van der Waals surface area (Å²) in [4.78, 5) is 12.2. The largest absolute Gasteiger partial charge is 0.464 e. The van der Waals surface area contributed by atoms with E-state index in [1.54, 1.807) is 0 Å². The van der Waals surface area contributed by atoms with Gasteiger partial charge in [0.15, 0.2) is 5.60 Å². The monoisotopic (exact) mass is 254 g/mol. The van der Waals surface area contributed by atoms with Gasteiger partial charge in [0.1, 0.15) is 5.60 Å². The molecule has 1 saturated heterocycles. The summed E-state index contributed by atoms with van der Waals surface area (Å²) in [5, 5.41) is 0. The van der Waals surface area contributed by atoms with Crippen LogP contribution in [0.4, 0.5) is 0 Å². The van der Waals surface area contributed by atoms with E-state index in [1.165, 1.54) is 6.42 Å². The van der Waals surface area contributed by atoms with Crippen LogP contribution in [0.25, 0.3) is 0 Å². The molecule has 18 heavy (non-hydrogen) atoms. The van der Waals surface area contributed by atoms with Crippen molar-refractivity contribution in [3.63, 3.8) is 0 Å². The van der Waals surface area contributed by atoms with Crippen molar-refractivity contribution < 1.29 is 14.3 Å². The van der Waals surface area contributed by atoms with Gasteiger partial charge in [-0.15, -0.1) is 0 Å². The molecular weight excluding hydrogens is 228 g/mol. The van der Waals surface area contributed by atoms with Gasteiger partial charge in [-0.1, -0.05) is 27.7 Å². The molecule has 3 unspecified atom stereocenters. The van der Waals surface area contributed by atoms with Gasteiger partial charge >= 0.3 is 5.97 Å². The Hall–Kier alpha value is -0.570. The molecule has 1 saturated carbocycles. The van der Waals surface area contributed by atoms with Gasteiger partial charge in [-0.3, -0.25) is 0 Å². The molecule has 0 aromatic heterocycles. The first-order valence-corrected chi connectivity index (χ1v) is 7.18. The molecule has 0 radical (unpaired) electrons. The Morgan fingerprint density at radius 1 is 1.33 bits per heavy atom. The zero-order valence-corrected chi connectivity index (χ0v) is 12.3. The first kappa shape index (κ1) is 13.9. The SMILES string of the molecule is CCOC(=O)C1(CC)OC12CC(C)CC(C)(C)C2. The Labute approximate surface area is 110 Å². The van der Waals surface area contributed by atoms with E-state index in [0.717, 1.165) is 12.8 Å². The highest BCUT2D eigenvalue weighted by Gasteiger charge is 2.75. The molecule has 104 valence electrons. The number of esters is 1. The number of hydrogen-bond acceptors (Lipinski definition) is 3. The van der Waals surface area contributed by atoms with Crippen molar-refractivity contribution in [1.29, 1.82) is 0 Å². The Balaban J connectivity index is 2.21. The maximum absolute atomic E-state index is 12.2. The smallest absolute Gasteiger partial charge is 0.341 e. The third-order valence-electron chi connectivity index (χ3n) is 4.51. The lowest BCUT2D eigenvalue weighted by molar-refractivity contribution is -0.149. The highest BCUT2D eigenvalue weighted by Crippen LogP contribution is 2.63. The molecule has 1 heterocycles. The van der Waals surface area contributed by atoms with E-state index in [2.05, 4.69) is 20.8 Å². The summed E-state index contributed by atoms with van der Waals surface area (Å²) in [6.45, 7) is 11.1. The number of epoxide rings is 1. The Morgan fingerprint density at radius 3 is 2.50 bits per heavy atom. The summed E-state index contributed by atoms with van der Waals surface area (Å²) >= 11 is 0. The van der Waals surface area contributed by atoms with Crippen LogP contribution >= 0.6 is 0 Å². The topological polar surface area (TPSA) is 38.8 Å². The molecule has 0 aromatic carbocycles. The minimum atomic E-state index is -0.658. The molecule has 0 amide bonds. The van der Waals surface area contributed by atoms with Crippen LogP contribution in [-0.2, 0) is 14.3 Å². The van der Waals surface area contributed by atoms with Gasteiger partial charge < -0.3 is 9.47 Å². The van der Waals surface area contributed by atoms with E-state index in [1.807, 2.05) is 13.8 Å². The van der Waals surface area contributed by atoms with Crippen molar-refractivity contribution in [3.05, 3.63) is 0 Å². The lowest BCUT2D eigenvalue weighted by Crippen LogP contribution is -2.42. The maximum atomic E-state index is 12.2. The molecule has 2 fully saturated rings. The standard InChI is InChI=1S/C15H26O3/c1-6-15(12(16)17-7-2)14(18-15)9-11(3)8-13(4,5)10-14/h11H,6-10H2,1-5H3. The third-order valence-corrected chi connectivity index (χ3v) is 4.51. The number of ether oxygens (including phenoxy) is 2. The summed E-state index contributed by atoms with van der Waals surface area (Å²) in [5.74, 6) is 0.453. The first-order valence-electron chi connectivity index (χ1n) is 7.18. The molecule has 1 aliphatic heterocycles. The number of hydrogen-bond donors (Lipinski definition) is 0. The molecule has 0 N–H and O–H groups in total. The third kappa shape index (κ3) is 1.97. The Bertz CT molecular complexity index is 350. The fourth-order valence-corrected chi connectivity index (χ4v) is 4.20. The fourth-order valence-electron chi connectivity index (χ4n) is 4.20. The van der Waals surface area contributed by atoms with Crippen LogP contribution in [0.5, 0.6) is 0 Å². The van der Waals surface area contributed by atoms with Gasteiger partial charge in [-0.25, -0.2) is 4.79 Å². The predicted molar refractivity (Wildman–Crippen MR) is 70.3 cm³/mol. The van der Waals surface area contributed by atoms with E-state index in [9.17, 15) is 4.79 Å². The van der Waals surface area contributed by atoms with Crippen molar-refractivity contribution in [3.8, 4) is 0 Å². The minimum Gasteiger partial charge on any atom is -0.464 e. The van der Waals surface area contributed by atoms with E-state index in [-0.39, 0.29) is 17.0 Å². The highest BCUT2D eigenvalue weighted by molar-refractivity contribution is 5.85. The molecule has 3 heteroatoms. The van der Waals surface area contributed by atoms with E-state index < -0.39 is 5.60 Å². The quantitative estimate of drug-likeness (QED) is 0.573. The molecule has 0 bridgehead atoms. The Morgan fingerprint density at radius 2 is 2.00 bits per heavy atom. The van der Waals surface area contributed by atoms with Gasteiger partial charge in [0.2, 0.25) is 0 Å². The summed E-state index contributed by atoms with van der Waals surface area (Å²) < 4.78 is 11.3. The molecule has 3 atom stereocenters. The molecule has 3 nitrogen and oxygen atoms in total. The molecule has 0 aromatic rings. The fraction of sp³-hybridized carbons (Fsp3) is 0.933. The van der Waals surface area contributed by atoms with E-state index in [0.29, 0.717) is 18.9 Å². The normalized spacial score (nSPS) is 41.7. The zero-order valence-electron chi connectivity index (χ0n) is 12.3. The lowest BCUT2D eigenvalue weighted by atomic mass is 9.64. The molecule has 2 aliphatic rings. The second kappa shape index (κ2) is 4.22. The van der Waals surface area contributed by atoms with Crippen molar-refractivity contribution in [2.45, 2.75) is 71.5 Å². The maximum Gasteiger partial charge on any atom is 0.341 e. The lowest BCUT2D eigenvalue weighted by Gasteiger charge is -2.38. The van der Waals surface area contributed by atoms with Gasteiger partial charge in [0, 0.05) is 0 Å². The number of carbonyl (C=O) groups is 1. The van der Waals surface area contributed by atoms with Crippen LogP contribution in [0, 0.1) is 11.3 Å². The van der Waals surface area contributed by atoms with Gasteiger partial charge in [0.05, 0.1) is 6.61 Å². The van der Waals surface area contributed by atoms with Crippen molar-refractivity contribution in [2.75, 3.05) is 6.61 Å². The molecule has 1 spiro atoms. The van der Waals surface area contributed by atoms with Crippen LogP contribution in [-0.4, -0.2) is 23.8 Å². The van der Waals surface area contributed by atoms with E-state index >= 15 is 0 Å². The number of rotatable bonds is 3. The van der Waals surface area contributed by atoms with Crippen LogP contribution in [0.2, 0.25) is 0 Å². The predicted octanol–water partition coefficient (Wildman–Crippen LogP) is 3.31. The average molecular weight is 254 g/mol. The average Bonchev–Trinajstić information content (AvgIpc) is 2.83. The minimum absolute atomic E-state index is 0.155. The van der Waals surface area contributed by atoms with Crippen LogP contribution in [0.3, 0.4) is 0 Å².